The van der Waals surface area contributed by atoms with Crippen molar-refractivity contribution in [3.05, 3.63) is 65.5 Å². The molecule has 9 nitrogen and oxygen atoms in total. The van der Waals surface area contributed by atoms with E-state index in [-0.39, 0.29) is 26.9 Å². The van der Waals surface area contributed by atoms with Gasteiger partial charge in [-0.2, -0.15) is 0 Å². The van der Waals surface area contributed by atoms with Gasteiger partial charge in [0.1, 0.15) is 9.96 Å². The van der Waals surface area contributed by atoms with E-state index in [1.54, 1.807) is 23.6 Å². The van der Waals surface area contributed by atoms with E-state index in [0.717, 1.165) is 17.6 Å². The predicted octanol–water partition coefficient (Wildman–Crippen LogP) is 3.18. The van der Waals surface area contributed by atoms with Crippen LogP contribution in [0, 0.1) is 0 Å². The second kappa shape index (κ2) is 8.96. The number of nitrogens with one attached hydrogen (secondary N) is 3. The summed E-state index contributed by atoms with van der Waals surface area (Å²) in [5.41, 5.74) is 0.928. The molecule has 0 spiro atoms. The fraction of sp³-hybridized carbons (Fsp3) is 0.105. The number of sulfonamides is 2. The van der Waals surface area contributed by atoms with Crippen molar-refractivity contribution in [3.8, 4) is 5.75 Å². The van der Waals surface area contributed by atoms with Crippen LogP contribution in [-0.2, 0) is 20.0 Å². The van der Waals surface area contributed by atoms with Gasteiger partial charge in [0, 0.05) is 16.9 Å². The van der Waals surface area contributed by atoms with Crippen LogP contribution >= 0.6 is 11.3 Å². The van der Waals surface area contributed by atoms with Crippen LogP contribution in [0.2, 0.25) is 0 Å². The SMILES string of the molecule is COc1ccc(NC(=O)c2cccc(NS(=O)(=O)c3cccs3)c2)cc1NS(C)(=O)=O. The van der Waals surface area contributed by atoms with Crippen molar-refractivity contribution >= 4 is 54.4 Å². The van der Waals surface area contributed by atoms with E-state index in [4.69, 9.17) is 4.74 Å². The quantitative estimate of drug-likeness (QED) is 0.453. The van der Waals surface area contributed by atoms with Gasteiger partial charge < -0.3 is 10.1 Å². The van der Waals surface area contributed by atoms with Crippen molar-refractivity contribution in [3.63, 3.8) is 0 Å². The molecule has 0 aliphatic rings. The Morgan fingerprint density at radius 3 is 2.35 bits per heavy atom. The second-order valence-corrected chi connectivity index (χ2v) is 11.0. The molecule has 3 N–H and O–H groups in total. The average molecular weight is 482 g/mol. The lowest BCUT2D eigenvalue weighted by Crippen LogP contribution is -2.15. The van der Waals surface area contributed by atoms with Crippen LogP contribution in [0.15, 0.2) is 64.2 Å². The highest BCUT2D eigenvalue weighted by molar-refractivity contribution is 7.94. The van der Waals surface area contributed by atoms with Gasteiger partial charge in [-0.25, -0.2) is 16.8 Å². The normalized spacial score (nSPS) is 11.5. The standard InChI is InChI=1S/C19H19N3O6S3/c1-28-17-9-8-14(12-16(17)22-30(2,24)25)20-19(23)13-5-3-6-15(11-13)21-31(26,27)18-7-4-10-29-18/h3-12,21-22H,1-2H3,(H,20,23). The largest absolute Gasteiger partial charge is 0.495 e. The van der Waals surface area contributed by atoms with E-state index in [2.05, 4.69) is 14.8 Å². The van der Waals surface area contributed by atoms with E-state index in [1.807, 2.05) is 0 Å². The summed E-state index contributed by atoms with van der Waals surface area (Å²) < 4.78 is 57.9. The summed E-state index contributed by atoms with van der Waals surface area (Å²) in [6, 6.07) is 13.6. The van der Waals surface area contributed by atoms with Crippen LogP contribution in [0.1, 0.15) is 10.4 Å². The molecule has 164 valence electrons. The fourth-order valence-electron chi connectivity index (χ4n) is 2.61. The van der Waals surface area contributed by atoms with E-state index < -0.39 is 26.0 Å². The predicted molar refractivity (Wildman–Crippen MR) is 121 cm³/mol. The minimum atomic E-state index is -3.74. The van der Waals surface area contributed by atoms with Gasteiger partial charge in [0.25, 0.3) is 15.9 Å². The highest BCUT2D eigenvalue weighted by atomic mass is 32.2. The maximum Gasteiger partial charge on any atom is 0.271 e. The Balaban J connectivity index is 1.80. The third kappa shape index (κ3) is 5.96. The summed E-state index contributed by atoms with van der Waals surface area (Å²) >= 11 is 1.08. The van der Waals surface area contributed by atoms with Crippen LogP contribution in [0.5, 0.6) is 5.75 Å². The molecule has 0 saturated heterocycles. The zero-order chi connectivity index (χ0) is 22.6. The number of carbonyl (C=O) groups is 1. The Labute approximate surface area is 184 Å². The lowest BCUT2D eigenvalue weighted by atomic mass is 10.2. The van der Waals surface area contributed by atoms with Crippen LogP contribution < -0.4 is 19.5 Å². The minimum Gasteiger partial charge on any atom is -0.495 e. The third-order valence-electron chi connectivity index (χ3n) is 3.89. The molecular formula is C19H19N3O6S3. The van der Waals surface area contributed by atoms with Crippen LogP contribution in [-0.4, -0.2) is 36.1 Å². The van der Waals surface area contributed by atoms with E-state index in [0.29, 0.717) is 5.69 Å². The van der Waals surface area contributed by atoms with Gasteiger partial charge in [-0.3, -0.25) is 14.2 Å². The summed E-state index contributed by atoms with van der Waals surface area (Å²) in [5.74, 6) is -0.221. The average Bonchev–Trinajstić information content (AvgIpc) is 3.23. The first-order chi connectivity index (χ1) is 14.6. The molecule has 0 bridgehead atoms. The Bertz CT molecular complexity index is 1300. The first-order valence-corrected chi connectivity index (χ1v) is 13.0. The van der Waals surface area contributed by atoms with Gasteiger partial charge in [0.2, 0.25) is 10.0 Å². The molecule has 0 atom stereocenters. The molecule has 0 unspecified atom stereocenters. The number of carbonyl (C=O) groups excluding carboxylic acids is 1. The van der Waals surface area contributed by atoms with Crippen molar-refractivity contribution in [1.82, 2.24) is 0 Å². The first-order valence-electron chi connectivity index (χ1n) is 8.71. The maximum absolute atomic E-state index is 12.7. The number of anilines is 3. The molecule has 0 fully saturated rings. The smallest absolute Gasteiger partial charge is 0.271 e. The number of amides is 1. The van der Waals surface area contributed by atoms with Gasteiger partial charge in [-0.15, -0.1) is 11.3 Å². The number of rotatable bonds is 8. The van der Waals surface area contributed by atoms with Gasteiger partial charge in [0.05, 0.1) is 19.1 Å². The molecule has 3 rings (SSSR count). The van der Waals surface area contributed by atoms with Crippen LogP contribution in [0.4, 0.5) is 17.1 Å². The highest BCUT2D eigenvalue weighted by Crippen LogP contribution is 2.29. The molecule has 1 aromatic heterocycles. The molecule has 31 heavy (non-hydrogen) atoms. The van der Waals surface area contributed by atoms with Crippen LogP contribution in [0.3, 0.4) is 0 Å². The number of thiophene rings is 1. The van der Waals surface area contributed by atoms with Crippen molar-refractivity contribution in [2.45, 2.75) is 4.21 Å². The number of ether oxygens (including phenoxy) is 1. The Kier molecular flexibility index (Phi) is 6.53. The van der Waals surface area contributed by atoms with Gasteiger partial charge in [-0.05, 0) is 47.8 Å². The molecule has 1 heterocycles. The topological polar surface area (TPSA) is 131 Å². The Morgan fingerprint density at radius 2 is 1.71 bits per heavy atom. The zero-order valence-corrected chi connectivity index (χ0v) is 18.9. The third-order valence-corrected chi connectivity index (χ3v) is 7.26. The lowest BCUT2D eigenvalue weighted by molar-refractivity contribution is 0.102. The summed E-state index contributed by atoms with van der Waals surface area (Å²) in [6.07, 6.45) is 1.00. The molecule has 2 aromatic carbocycles. The monoisotopic (exact) mass is 481 g/mol. The molecule has 0 aliphatic carbocycles. The minimum absolute atomic E-state index is 0.159. The molecule has 12 heteroatoms. The first kappa shape index (κ1) is 22.6. The van der Waals surface area contributed by atoms with Gasteiger partial charge in [-0.1, -0.05) is 12.1 Å². The number of methoxy groups -OCH3 is 1. The molecular weight excluding hydrogens is 462 g/mol. The molecule has 1 amide bonds. The molecule has 0 saturated carbocycles. The van der Waals surface area contributed by atoms with E-state index >= 15 is 0 Å². The molecule has 3 aromatic rings. The summed E-state index contributed by atoms with van der Waals surface area (Å²) in [7, 11) is -5.91. The van der Waals surface area contributed by atoms with E-state index in [9.17, 15) is 21.6 Å². The summed E-state index contributed by atoms with van der Waals surface area (Å²) in [4.78, 5) is 12.7. The van der Waals surface area contributed by atoms with Crippen molar-refractivity contribution in [1.29, 1.82) is 0 Å². The Morgan fingerprint density at radius 1 is 0.935 bits per heavy atom. The van der Waals surface area contributed by atoms with Crippen molar-refractivity contribution in [2.75, 3.05) is 28.1 Å². The van der Waals surface area contributed by atoms with Gasteiger partial charge in [0.15, 0.2) is 0 Å². The summed E-state index contributed by atoms with van der Waals surface area (Å²) in [6.45, 7) is 0. The van der Waals surface area contributed by atoms with Gasteiger partial charge >= 0.3 is 0 Å². The number of hydrogen-bond donors (Lipinski definition) is 3. The lowest BCUT2D eigenvalue weighted by Gasteiger charge is -2.13. The fourth-order valence-corrected chi connectivity index (χ4v) is 5.22. The molecule has 0 radical (unpaired) electrons. The number of benzene rings is 2. The maximum atomic E-state index is 12.7. The summed E-state index contributed by atoms with van der Waals surface area (Å²) in [5, 5.41) is 4.30. The van der Waals surface area contributed by atoms with E-state index in [1.165, 1.54) is 43.5 Å². The van der Waals surface area contributed by atoms with Crippen molar-refractivity contribution in [2.24, 2.45) is 0 Å². The zero-order valence-electron chi connectivity index (χ0n) is 16.4. The number of hydrogen-bond acceptors (Lipinski definition) is 7. The van der Waals surface area contributed by atoms with Crippen molar-refractivity contribution < 1.29 is 26.4 Å². The highest BCUT2D eigenvalue weighted by Gasteiger charge is 2.16. The van der Waals surface area contributed by atoms with Crippen LogP contribution in [0.25, 0.3) is 0 Å². The Hall–Kier alpha value is -3.09. The molecule has 0 aliphatic heterocycles. The second-order valence-electron chi connectivity index (χ2n) is 6.36.